The zero-order chi connectivity index (χ0) is 16.3. The summed E-state index contributed by atoms with van der Waals surface area (Å²) in [6.45, 7) is 5.29. The first-order valence-electron chi connectivity index (χ1n) is 7.08. The summed E-state index contributed by atoms with van der Waals surface area (Å²) in [5.41, 5.74) is 2.42. The average molecular weight is 298 g/mol. The number of aromatic nitrogens is 1. The van der Waals surface area contributed by atoms with Crippen LogP contribution in [0.5, 0.6) is 0 Å². The van der Waals surface area contributed by atoms with Crippen molar-refractivity contribution in [1.82, 2.24) is 10.3 Å². The van der Waals surface area contributed by atoms with Gasteiger partial charge in [-0.25, -0.2) is 0 Å². The number of rotatable bonds is 4. The maximum Gasteiger partial charge on any atom is 0.252 e. The molecular weight excluding hydrogens is 280 g/mol. The lowest BCUT2D eigenvalue weighted by atomic mass is 9.84. The first-order valence-corrected chi connectivity index (χ1v) is 7.08. The summed E-state index contributed by atoms with van der Waals surface area (Å²) < 4.78 is 0. The summed E-state index contributed by atoms with van der Waals surface area (Å²) in [4.78, 5) is 40.1. The fourth-order valence-electron chi connectivity index (χ4n) is 2.36. The topological polar surface area (TPSA) is 76.1 Å². The molecule has 0 aliphatic heterocycles. The molecule has 0 fully saturated rings. The number of allylic oxidation sites excluding steroid dienone is 3. The predicted molar refractivity (Wildman–Crippen MR) is 82.3 cm³/mol. The second-order valence-electron chi connectivity index (χ2n) is 5.26. The van der Waals surface area contributed by atoms with Crippen molar-refractivity contribution >= 4 is 17.5 Å². The number of hydrogen-bond donors (Lipinski definition) is 1. The summed E-state index contributed by atoms with van der Waals surface area (Å²) in [5.74, 6) is -0.444. The van der Waals surface area contributed by atoms with Gasteiger partial charge in [0.15, 0.2) is 11.6 Å². The van der Waals surface area contributed by atoms with Gasteiger partial charge in [0.1, 0.15) is 0 Å². The van der Waals surface area contributed by atoms with Crippen LogP contribution in [0.25, 0.3) is 0 Å². The van der Waals surface area contributed by atoms with Crippen molar-refractivity contribution < 1.29 is 14.4 Å². The van der Waals surface area contributed by atoms with Gasteiger partial charge in [-0.1, -0.05) is 0 Å². The molecule has 1 aliphatic carbocycles. The molecule has 5 nitrogen and oxygen atoms in total. The van der Waals surface area contributed by atoms with E-state index in [1.165, 1.54) is 6.20 Å². The van der Waals surface area contributed by atoms with E-state index in [0.717, 1.165) is 0 Å². The fourth-order valence-corrected chi connectivity index (χ4v) is 2.36. The van der Waals surface area contributed by atoms with Gasteiger partial charge in [-0.3, -0.25) is 19.4 Å². The number of nitrogens with zero attached hydrogens (tertiary/aromatic N) is 1. The van der Waals surface area contributed by atoms with Gasteiger partial charge in [0.2, 0.25) is 0 Å². The van der Waals surface area contributed by atoms with Gasteiger partial charge >= 0.3 is 0 Å². The lowest BCUT2D eigenvalue weighted by Crippen LogP contribution is -2.27. The Balaban J connectivity index is 2.02. The minimum absolute atomic E-state index is 0.0920. The van der Waals surface area contributed by atoms with Gasteiger partial charge in [-0.05, 0) is 39.3 Å². The van der Waals surface area contributed by atoms with Crippen LogP contribution in [0.2, 0.25) is 0 Å². The quantitative estimate of drug-likeness (QED) is 0.863. The second kappa shape index (κ2) is 6.47. The molecule has 0 radical (unpaired) electrons. The third kappa shape index (κ3) is 3.03. The van der Waals surface area contributed by atoms with Crippen molar-refractivity contribution in [2.45, 2.75) is 27.2 Å². The van der Waals surface area contributed by atoms with Crippen LogP contribution in [0.3, 0.4) is 0 Å². The van der Waals surface area contributed by atoms with Crippen LogP contribution in [-0.2, 0) is 9.59 Å². The number of pyridine rings is 1. The Kier molecular flexibility index (Phi) is 4.65. The molecule has 1 aliphatic rings. The first kappa shape index (κ1) is 15.8. The van der Waals surface area contributed by atoms with E-state index in [1.54, 1.807) is 39.1 Å². The van der Waals surface area contributed by atoms with Crippen molar-refractivity contribution in [3.8, 4) is 0 Å². The van der Waals surface area contributed by atoms with Crippen LogP contribution < -0.4 is 5.32 Å². The van der Waals surface area contributed by atoms with Crippen LogP contribution in [-0.4, -0.2) is 29.0 Å². The number of ketones is 2. The normalized spacial score (nSPS) is 15.4. The molecule has 1 aromatic heterocycles. The molecule has 2 rings (SSSR count). The fraction of sp³-hybridized carbons (Fsp3) is 0.294. The number of nitrogens with one attached hydrogen (secondary N) is 1. The first-order chi connectivity index (χ1) is 10.4. The Morgan fingerprint density at radius 1 is 1.09 bits per heavy atom. The molecule has 1 N–H and O–H groups in total. The summed E-state index contributed by atoms with van der Waals surface area (Å²) in [7, 11) is 0. The molecule has 5 heteroatoms. The highest BCUT2D eigenvalue weighted by Gasteiger charge is 2.27. The number of hydrogen-bond acceptors (Lipinski definition) is 4. The Hall–Kier alpha value is -2.56. The van der Waals surface area contributed by atoms with Crippen LogP contribution in [0.15, 0.2) is 46.8 Å². The van der Waals surface area contributed by atoms with E-state index < -0.39 is 0 Å². The van der Waals surface area contributed by atoms with Crippen LogP contribution in [0.1, 0.15) is 37.6 Å². The lowest BCUT2D eigenvalue weighted by Gasteiger charge is -2.18. The summed E-state index contributed by atoms with van der Waals surface area (Å²) in [5, 5.41) is 2.74. The molecule has 22 heavy (non-hydrogen) atoms. The minimum atomic E-state index is -0.246. The maximum atomic E-state index is 12.2. The highest BCUT2D eigenvalue weighted by atomic mass is 16.2. The van der Waals surface area contributed by atoms with E-state index in [1.807, 2.05) is 0 Å². The van der Waals surface area contributed by atoms with E-state index in [0.29, 0.717) is 40.8 Å². The summed E-state index contributed by atoms with van der Waals surface area (Å²) in [6, 6.07) is 3.35. The van der Waals surface area contributed by atoms with Crippen molar-refractivity contribution in [2.24, 2.45) is 0 Å². The van der Waals surface area contributed by atoms with Crippen molar-refractivity contribution in [3.63, 3.8) is 0 Å². The number of Topliss-reactive ketones (excluding diaryl/α,β-unsaturated/α-hetero) is 2. The molecule has 0 spiro atoms. The third-order valence-corrected chi connectivity index (χ3v) is 3.90. The van der Waals surface area contributed by atoms with Crippen molar-refractivity contribution in [2.75, 3.05) is 6.54 Å². The summed E-state index contributed by atoms with van der Waals surface area (Å²) >= 11 is 0. The van der Waals surface area contributed by atoms with Crippen LogP contribution >= 0.6 is 0 Å². The Bertz CT molecular complexity index is 700. The van der Waals surface area contributed by atoms with Crippen LogP contribution in [0.4, 0.5) is 0 Å². The van der Waals surface area contributed by atoms with E-state index >= 15 is 0 Å². The smallest absolute Gasteiger partial charge is 0.252 e. The molecule has 0 aromatic carbocycles. The number of carbonyl (C=O) groups is 3. The second-order valence-corrected chi connectivity index (χ2v) is 5.26. The Labute approximate surface area is 129 Å². The largest absolute Gasteiger partial charge is 0.352 e. The van der Waals surface area contributed by atoms with Crippen molar-refractivity contribution in [1.29, 1.82) is 0 Å². The number of carbonyl (C=O) groups excluding carboxylic acids is 3. The van der Waals surface area contributed by atoms with Gasteiger partial charge < -0.3 is 5.32 Å². The minimum Gasteiger partial charge on any atom is -0.352 e. The van der Waals surface area contributed by atoms with Gasteiger partial charge in [-0.15, -0.1) is 0 Å². The zero-order valence-electron chi connectivity index (χ0n) is 12.9. The van der Waals surface area contributed by atoms with Gasteiger partial charge in [-0.2, -0.15) is 0 Å². The van der Waals surface area contributed by atoms with E-state index in [-0.39, 0.29) is 17.5 Å². The summed E-state index contributed by atoms with van der Waals surface area (Å²) in [6.07, 6.45) is 3.41. The third-order valence-electron chi connectivity index (χ3n) is 3.90. The monoisotopic (exact) mass is 298 g/mol. The zero-order valence-corrected chi connectivity index (χ0v) is 12.9. The molecule has 0 bridgehead atoms. The van der Waals surface area contributed by atoms with Crippen LogP contribution in [0, 0.1) is 0 Å². The predicted octanol–water partition coefficient (Wildman–Crippen LogP) is 2.01. The molecule has 1 aromatic rings. The molecule has 1 heterocycles. The Morgan fingerprint density at radius 2 is 1.77 bits per heavy atom. The SMILES string of the molecule is CC1=C(C)C(=O)C(CCNC(=O)c2cccnc2)=C(C)C1=O. The highest BCUT2D eigenvalue weighted by Crippen LogP contribution is 2.25. The van der Waals surface area contributed by atoms with Gasteiger partial charge in [0, 0.05) is 41.2 Å². The lowest BCUT2D eigenvalue weighted by molar-refractivity contribution is -0.116. The molecular formula is C17H18N2O3. The molecule has 114 valence electrons. The number of amides is 1. The molecule has 0 saturated carbocycles. The highest BCUT2D eigenvalue weighted by molar-refractivity contribution is 6.24. The van der Waals surface area contributed by atoms with Gasteiger partial charge in [0.25, 0.3) is 5.91 Å². The average Bonchev–Trinajstić information content (AvgIpc) is 2.55. The Morgan fingerprint density at radius 3 is 2.41 bits per heavy atom. The molecule has 0 atom stereocenters. The van der Waals surface area contributed by atoms with Crippen molar-refractivity contribution in [3.05, 3.63) is 52.4 Å². The molecule has 0 saturated heterocycles. The standard InChI is InChI=1S/C17H18N2O3/c1-10-11(2)16(21)14(12(3)15(10)20)6-8-19-17(22)13-5-4-7-18-9-13/h4-5,7,9H,6,8H2,1-3H3,(H,19,22). The van der Waals surface area contributed by atoms with E-state index in [9.17, 15) is 14.4 Å². The molecule has 0 unspecified atom stereocenters. The van der Waals surface area contributed by atoms with E-state index in [2.05, 4.69) is 10.3 Å². The molecule has 1 amide bonds. The maximum absolute atomic E-state index is 12.2. The van der Waals surface area contributed by atoms with Gasteiger partial charge in [0.05, 0.1) is 5.56 Å². The van der Waals surface area contributed by atoms with E-state index in [4.69, 9.17) is 0 Å².